The number of hydrogen-bond acceptors (Lipinski definition) is 5. The predicted molar refractivity (Wildman–Crippen MR) is 119 cm³/mol. The van der Waals surface area contributed by atoms with Gasteiger partial charge in [0.1, 0.15) is 6.33 Å². The van der Waals surface area contributed by atoms with Crippen molar-refractivity contribution in [1.82, 2.24) is 29.4 Å². The van der Waals surface area contributed by atoms with Gasteiger partial charge in [-0.05, 0) is 81.4 Å². The second kappa shape index (κ2) is 8.91. The van der Waals surface area contributed by atoms with E-state index in [0.717, 1.165) is 36.3 Å². The number of likely N-dealkylation sites (tertiary alicyclic amines) is 1. The molecular weight excluding hydrogens is 372 g/mol. The number of hydrogen-bond donors (Lipinski definition) is 0. The van der Waals surface area contributed by atoms with Crippen molar-refractivity contribution in [3.63, 3.8) is 0 Å². The average Bonchev–Trinajstić information content (AvgIpc) is 3.21. The topological polar surface area (TPSA) is 49.6 Å². The SMILES string of the molecule is CC(C)CC[C@H]1[C@H]2C[C@H](CN(CCCc3cnc4ncnn4c3)C2)[C@@H]2CCCCN21. The Morgan fingerprint density at radius 2 is 2.03 bits per heavy atom. The fourth-order valence-corrected chi connectivity index (χ4v) is 6.48. The molecule has 6 nitrogen and oxygen atoms in total. The summed E-state index contributed by atoms with van der Waals surface area (Å²) in [5.41, 5.74) is 1.26. The van der Waals surface area contributed by atoms with Gasteiger partial charge in [0, 0.05) is 37.6 Å². The summed E-state index contributed by atoms with van der Waals surface area (Å²) < 4.78 is 1.79. The Balaban J connectivity index is 1.20. The smallest absolute Gasteiger partial charge is 0.252 e. The van der Waals surface area contributed by atoms with Crippen molar-refractivity contribution in [2.24, 2.45) is 17.8 Å². The van der Waals surface area contributed by atoms with Gasteiger partial charge < -0.3 is 4.90 Å². The lowest BCUT2D eigenvalue weighted by atomic mass is 9.71. The van der Waals surface area contributed by atoms with Crippen LogP contribution in [0.1, 0.15) is 64.4 Å². The van der Waals surface area contributed by atoms with Crippen molar-refractivity contribution in [2.45, 2.75) is 77.3 Å². The number of piperidine rings is 3. The van der Waals surface area contributed by atoms with Gasteiger partial charge in [-0.1, -0.05) is 20.3 Å². The summed E-state index contributed by atoms with van der Waals surface area (Å²) in [6, 6.07) is 1.68. The van der Waals surface area contributed by atoms with E-state index < -0.39 is 0 Å². The Hall–Kier alpha value is -1.53. The van der Waals surface area contributed by atoms with Crippen molar-refractivity contribution in [2.75, 3.05) is 26.2 Å². The third kappa shape index (κ3) is 4.26. The van der Waals surface area contributed by atoms with E-state index in [-0.39, 0.29) is 0 Å². The molecule has 3 saturated heterocycles. The molecule has 3 aliphatic heterocycles. The molecule has 30 heavy (non-hydrogen) atoms. The van der Waals surface area contributed by atoms with Gasteiger partial charge in [-0.3, -0.25) is 4.90 Å². The summed E-state index contributed by atoms with van der Waals surface area (Å²) in [6.07, 6.45) is 16.5. The van der Waals surface area contributed by atoms with Crippen LogP contribution in [-0.2, 0) is 6.42 Å². The van der Waals surface area contributed by atoms with Crippen LogP contribution in [0.2, 0.25) is 0 Å². The summed E-state index contributed by atoms with van der Waals surface area (Å²) in [7, 11) is 0. The first-order chi connectivity index (χ1) is 14.7. The maximum Gasteiger partial charge on any atom is 0.252 e. The molecule has 5 rings (SSSR count). The van der Waals surface area contributed by atoms with Gasteiger partial charge in [0.05, 0.1) is 0 Å². The highest BCUT2D eigenvalue weighted by atomic mass is 15.3. The first kappa shape index (κ1) is 20.4. The minimum Gasteiger partial charge on any atom is -0.303 e. The molecule has 4 atom stereocenters. The third-order valence-corrected chi connectivity index (χ3v) is 7.87. The molecule has 2 aromatic rings. The molecule has 0 spiro atoms. The Morgan fingerprint density at radius 3 is 2.93 bits per heavy atom. The number of fused-ring (bicyclic) bond motifs is 5. The van der Waals surface area contributed by atoms with E-state index in [1.54, 1.807) is 10.8 Å². The van der Waals surface area contributed by atoms with Crippen LogP contribution in [0, 0.1) is 17.8 Å². The van der Waals surface area contributed by atoms with E-state index >= 15 is 0 Å². The fraction of sp³-hybridized carbons (Fsp3) is 0.792. The molecule has 2 aromatic heterocycles. The lowest BCUT2D eigenvalue weighted by Gasteiger charge is -2.57. The third-order valence-electron chi connectivity index (χ3n) is 7.87. The van der Waals surface area contributed by atoms with Gasteiger partial charge in [0.15, 0.2) is 0 Å². The Kier molecular flexibility index (Phi) is 6.05. The van der Waals surface area contributed by atoms with Crippen LogP contribution in [-0.4, -0.2) is 67.6 Å². The zero-order valence-electron chi connectivity index (χ0n) is 18.8. The normalized spacial score (nSPS) is 30.1. The molecule has 5 heterocycles. The van der Waals surface area contributed by atoms with Crippen molar-refractivity contribution in [1.29, 1.82) is 0 Å². The minimum atomic E-state index is 0.687. The van der Waals surface area contributed by atoms with Crippen LogP contribution in [0.4, 0.5) is 0 Å². The molecular formula is C24H38N6. The zero-order valence-corrected chi connectivity index (χ0v) is 18.8. The Labute approximate surface area is 181 Å². The zero-order chi connectivity index (χ0) is 20.5. The van der Waals surface area contributed by atoms with Gasteiger partial charge in [0.2, 0.25) is 0 Å². The van der Waals surface area contributed by atoms with Crippen molar-refractivity contribution >= 4 is 5.78 Å². The van der Waals surface area contributed by atoms with Crippen LogP contribution in [0.15, 0.2) is 18.7 Å². The van der Waals surface area contributed by atoms with Crippen molar-refractivity contribution < 1.29 is 0 Å². The molecule has 3 aliphatic rings. The van der Waals surface area contributed by atoms with Crippen LogP contribution < -0.4 is 0 Å². The maximum atomic E-state index is 4.41. The summed E-state index contributed by atoms with van der Waals surface area (Å²) in [4.78, 5) is 14.3. The molecule has 164 valence electrons. The van der Waals surface area contributed by atoms with Gasteiger partial charge in [0.25, 0.3) is 5.78 Å². The first-order valence-electron chi connectivity index (χ1n) is 12.3. The van der Waals surface area contributed by atoms with E-state index in [0.29, 0.717) is 5.78 Å². The number of aromatic nitrogens is 4. The largest absolute Gasteiger partial charge is 0.303 e. The van der Waals surface area contributed by atoms with Crippen LogP contribution >= 0.6 is 0 Å². The van der Waals surface area contributed by atoms with E-state index in [1.807, 2.05) is 6.20 Å². The summed E-state index contributed by atoms with van der Waals surface area (Å²) >= 11 is 0. The highest BCUT2D eigenvalue weighted by Crippen LogP contribution is 2.42. The number of aryl methyl sites for hydroxylation is 1. The van der Waals surface area contributed by atoms with Crippen molar-refractivity contribution in [3.05, 3.63) is 24.3 Å². The van der Waals surface area contributed by atoms with E-state index in [4.69, 9.17) is 0 Å². The average molecular weight is 411 g/mol. The molecule has 0 saturated carbocycles. The van der Waals surface area contributed by atoms with Gasteiger partial charge in [-0.2, -0.15) is 10.1 Å². The van der Waals surface area contributed by atoms with E-state index in [2.05, 4.69) is 44.9 Å². The van der Waals surface area contributed by atoms with Crippen LogP contribution in [0.5, 0.6) is 0 Å². The molecule has 0 N–H and O–H groups in total. The molecule has 6 heteroatoms. The number of nitrogens with zero attached hydrogens (tertiary/aromatic N) is 6. The lowest BCUT2D eigenvalue weighted by Crippen LogP contribution is -2.63. The molecule has 0 unspecified atom stereocenters. The Morgan fingerprint density at radius 1 is 1.13 bits per heavy atom. The summed E-state index contributed by atoms with van der Waals surface area (Å²) in [5.74, 6) is 3.28. The molecule has 0 aliphatic carbocycles. The van der Waals surface area contributed by atoms with E-state index in [1.165, 1.54) is 76.7 Å². The quantitative estimate of drug-likeness (QED) is 0.697. The van der Waals surface area contributed by atoms with Gasteiger partial charge in [-0.15, -0.1) is 0 Å². The van der Waals surface area contributed by atoms with Gasteiger partial charge in [-0.25, -0.2) is 9.50 Å². The minimum absolute atomic E-state index is 0.687. The fourth-order valence-electron chi connectivity index (χ4n) is 6.48. The molecule has 0 radical (unpaired) electrons. The molecule has 3 fully saturated rings. The number of rotatable bonds is 7. The highest BCUT2D eigenvalue weighted by molar-refractivity contribution is 5.25. The summed E-state index contributed by atoms with van der Waals surface area (Å²) in [5, 5.41) is 4.22. The van der Waals surface area contributed by atoms with Gasteiger partial charge >= 0.3 is 0 Å². The maximum absolute atomic E-state index is 4.41. The highest BCUT2D eigenvalue weighted by Gasteiger charge is 2.46. The second-order valence-corrected chi connectivity index (χ2v) is 10.4. The molecule has 0 aromatic carbocycles. The van der Waals surface area contributed by atoms with Crippen LogP contribution in [0.25, 0.3) is 5.78 Å². The summed E-state index contributed by atoms with van der Waals surface area (Å²) in [6.45, 7) is 9.97. The predicted octanol–water partition coefficient (Wildman–Crippen LogP) is 3.67. The molecule has 0 amide bonds. The van der Waals surface area contributed by atoms with Crippen molar-refractivity contribution in [3.8, 4) is 0 Å². The van der Waals surface area contributed by atoms with E-state index in [9.17, 15) is 0 Å². The van der Waals surface area contributed by atoms with Crippen LogP contribution in [0.3, 0.4) is 0 Å². The standard InChI is InChI=1S/C24H38N6/c1-18(2)8-9-23-21-12-20(22-7-3-4-11-29(22)23)15-28(16-21)10-5-6-19-13-25-24-26-17-27-30(24)14-19/h13-14,17-18,20-23H,3-12,15-16H2,1-2H3/t20-,21+,22+,23+/m1/s1. The monoisotopic (exact) mass is 410 g/mol. The first-order valence-corrected chi connectivity index (χ1v) is 12.3. The Bertz CT molecular complexity index is 832. The second-order valence-electron chi connectivity index (χ2n) is 10.4. The lowest BCUT2D eigenvalue weighted by molar-refractivity contribution is -0.0750. The molecule has 2 bridgehead atoms.